The average Bonchev–Trinajstić information content (AvgIpc) is 2.74. The van der Waals surface area contributed by atoms with Crippen LogP contribution in [0.1, 0.15) is 24.4 Å². The maximum atomic E-state index is 13.2. The summed E-state index contributed by atoms with van der Waals surface area (Å²) in [5.41, 5.74) is 1.62. The maximum Gasteiger partial charge on any atom is 0.308 e. The van der Waals surface area contributed by atoms with Crippen molar-refractivity contribution >= 4 is 17.6 Å². The molecule has 28 heavy (non-hydrogen) atoms. The largest absolute Gasteiger partial charge is 0.497 e. The summed E-state index contributed by atoms with van der Waals surface area (Å²) in [6, 6.07) is 16.6. The van der Waals surface area contributed by atoms with E-state index in [1.54, 1.807) is 13.2 Å². The lowest BCUT2D eigenvalue weighted by Crippen LogP contribution is -2.43. The fourth-order valence-electron chi connectivity index (χ4n) is 3.63. The molecule has 0 aromatic heterocycles. The SMILES string of the molecule is COC(=O)C1CCN([C@@H](C(=O)Nc2cccc(OC)c2)c2ccccc2)CC1. The lowest BCUT2D eigenvalue weighted by molar-refractivity contribution is -0.147. The van der Waals surface area contributed by atoms with Gasteiger partial charge in [-0.25, -0.2) is 0 Å². The Morgan fingerprint density at radius 1 is 1.04 bits per heavy atom. The number of amides is 1. The Morgan fingerprint density at radius 3 is 2.39 bits per heavy atom. The highest BCUT2D eigenvalue weighted by Gasteiger charge is 2.33. The Kier molecular flexibility index (Phi) is 6.66. The van der Waals surface area contributed by atoms with Crippen molar-refractivity contribution in [2.75, 3.05) is 32.6 Å². The van der Waals surface area contributed by atoms with Gasteiger partial charge in [-0.05, 0) is 30.5 Å². The van der Waals surface area contributed by atoms with Gasteiger partial charge in [0.2, 0.25) is 5.91 Å². The summed E-state index contributed by atoms with van der Waals surface area (Å²) >= 11 is 0. The number of ether oxygens (including phenoxy) is 2. The lowest BCUT2D eigenvalue weighted by Gasteiger charge is -2.36. The summed E-state index contributed by atoms with van der Waals surface area (Å²) in [6.45, 7) is 1.32. The summed E-state index contributed by atoms with van der Waals surface area (Å²) in [5, 5.41) is 3.01. The van der Waals surface area contributed by atoms with Crippen LogP contribution in [-0.2, 0) is 14.3 Å². The molecule has 0 saturated carbocycles. The predicted octanol–water partition coefficient (Wildman–Crippen LogP) is 3.26. The van der Waals surface area contributed by atoms with Crippen molar-refractivity contribution in [2.24, 2.45) is 5.92 Å². The zero-order valence-electron chi connectivity index (χ0n) is 16.3. The van der Waals surface area contributed by atoms with Crippen molar-refractivity contribution in [1.29, 1.82) is 0 Å². The molecular weight excluding hydrogens is 356 g/mol. The van der Waals surface area contributed by atoms with Gasteiger partial charge in [-0.2, -0.15) is 0 Å². The highest BCUT2D eigenvalue weighted by molar-refractivity contribution is 5.95. The van der Waals surface area contributed by atoms with E-state index in [2.05, 4.69) is 10.2 Å². The second-order valence-electron chi connectivity index (χ2n) is 6.87. The van der Waals surface area contributed by atoms with Crippen molar-refractivity contribution in [3.05, 3.63) is 60.2 Å². The van der Waals surface area contributed by atoms with Gasteiger partial charge in [0, 0.05) is 24.8 Å². The molecule has 1 saturated heterocycles. The minimum atomic E-state index is -0.425. The molecule has 148 valence electrons. The van der Waals surface area contributed by atoms with Crippen molar-refractivity contribution in [2.45, 2.75) is 18.9 Å². The van der Waals surface area contributed by atoms with E-state index in [9.17, 15) is 9.59 Å². The Bertz CT molecular complexity index is 801. The van der Waals surface area contributed by atoms with Gasteiger partial charge in [-0.1, -0.05) is 36.4 Å². The summed E-state index contributed by atoms with van der Waals surface area (Å²) in [4.78, 5) is 27.1. The van der Waals surface area contributed by atoms with Crippen molar-refractivity contribution < 1.29 is 19.1 Å². The molecule has 2 aromatic rings. The lowest BCUT2D eigenvalue weighted by atomic mass is 9.94. The summed E-state index contributed by atoms with van der Waals surface area (Å²) in [7, 11) is 3.02. The smallest absolute Gasteiger partial charge is 0.308 e. The van der Waals surface area contributed by atoms with Gasteiger partial charge in [0.1, 0.15) is 11.8 Å². The molecular formula is C22H26N2O4. The number of benzene rings is 2. The molecule has 0 bridgehead atoms. The zero-order chi connectivity index (χ0) is 19.9. The fraction of sp³-hybridized carbons (Fsp3) is 0.364. The van der Waals surface area contributed by atoms with Gasteiger partial charge in [0.05, 0.1) is 20.1 Å². The number of hydrogen-bond donors (Lipinski definition) is 1. The number of nitrogens with zero attached hydrogens (tertiary/aromatic N) is 1. The Morgan fingerprint density at radius 2 is 1.75 bits per heavy atom. The standard InChI is InChI=1S/C22H26N2O4/c1-27-19-10-6-9-18(15-19)23-21(25)20(16-7-4-3-5-8-16)24-13-11-17(12-14-24)22(26)28-2/h3-10,15,17,20H,11-14H2,1-2H3,(H,23,25)/t20-/m1/s1. The van der Waals surface area contributed by atoms with Gasteiger partial charge in [-0.15, -0.1) is 0 Å². The number of likely N-dealkylation sites (tertiary alicyclic amines) is 1. The van der Waals surface area contributed by atoms with Gasteiger partial charge >= 0.3 is 5.97 Å². The monoisotopic (exact) mass is 382 g/mol. The first-order chi connectivity index (χ1) is 13.6. The number of piperidine rings is 1. The third-order valence-electron chi connectivity index (χ3n) is 5.13. The van der Waals surface area contributed by atoms with Crippen LogP contribution < -0.4 is 10.1 Å². The molecule has 1 atom stereocenters. The van der Waals surface area contributed by atoms with Gasteiger partial charge in [0.25, 0.3) is 0 Å². The van der Waals surface area contributed by atoms with E-state index in [1.165, 1.54) is 7.11 Å². The molecule has 1 amide bonds. The van der Waals surface area contributed by atoms with E-state index in [-0.39, 0.29) is 17.8 Å². The van der Waals surface area contributed by atoms with Crippen LogP contribution in [0.15, 0.2) is 54.6 Å². The quantitative estimate of drug-likeness (QED) is 0.777. The number of carbonyl (C=O) groups is 2. The summed E-state index contributed by atoms with van der Waals surface area (Å²) in [5.74, 6) is 0.319. The molecule has 0 aliphatic carbocycles. The number of esters is 1. The second-order valence-corrected chi connectivity index (χ2v) is 6.87. The van der Waals surface area contributed by atoms with Crippen molar-refractivity contribution in [3.63, 3.8) is 0 Å². The predicted molar refractivity (Wildman–Crippen MR) is 107 cm³/mol. The molecule has 0 unspecified atom stereocenters. The van der Waals surface area contributed by atoms with Gasteiger partial charge < -0.3 is 14.8 Å². The average molecular weight is 382 g/mol. The van der Waals surface area contributed by atoms with Crippen LogP contribution in [0.5, 0.6) is 5.75 Å². The molecule has 3 rings (SSSR count). The van der Waals surface area contributed by atoms with E-state index in [1.807, 2.05) is 48.5 Å². The molecule has 1 heterocycles. The number of rotatable bonds is 6. The molecule has 6 heteroatoms. The van der Waals surface area contributed by atoms with Crippen molar-refractivity contribution in [1.82, 2.24) is 4.90 Å². The van der Waals surface area contributed by atoms with Crippen LogP contribution in [0.25, 0.3) is 0 Å². The first kappa shape index (κ1) is 19.9. The third-order valence-corrected chi connectivity index (χ3v) is 5.13. The molecule has 6 nitrogen and oxygen atoms in total. The van der Waals surface area contributed by atoms with Crippen LogP contribution >= 0.6 is 0 Å². The molecule has 1 fully saturated rings. The Balaban J connectivity index is 1.78. The third kappa shape index (κ3) is 4.70. The minimum absolute atomic E-state index is 0.0980. The molecule has 1 aliphatic rings. The minimum Gasteiger partial charge on any atom is -0.497 e. The van der Waals surface area contributed by atoms with E-state index in [4.69, 9.17) is 9.47 Å². The number of methoxy groups -OCH3 is 2. The van der Waals surface area contributed by atoms with Crippen LogP contribution in [0.4, 0.5) is 5.69 Å². The summed E-state index contributed by atoms with van der Waals surface area (Å²) < 4.78 is 10.1. The number of hydrogen-bond acceptors (Lipinski definition) is 5. The van der Waals surface area contributed by atoms with E-state index in [0.717, 1.165) is 5.56 Å². The normalized spacial score (nSPS) is 16.2. The number of anilines is 1. The molecule has 2 aromatic carbocycles. The molecule has 1 N–H and O–H groups in total. The zero-order valence-corrected chi connectivity index (χ0v) is 16.3. The van der Waals surface area contributed by atoms with Crippen molar-refractivity contribution in [3.8, 4) is 5.75 Å². The molecule has 0 spiro atoms. The fourth-order valence-corrected chi connectivity index (χ4v) is 3.63. The number of nitrogens with one attached hydrogen (secondary N) is 1. The Hall–Kier alpha value is -2.86. The van der Waals surface area contributed by atoms with Gasteiger partial charge in [0.15, 0.2) is 0 Å². The van der Waals surface area contributed by atoms with Crippen LogP contribution in [0, 0.1) is 5.92 Å². The highest BCUT2D eigenvalue weighted by atomic mass is 16.5. The van der Waals surface area contributed by atoms with E-state index < -0.39 is 6.04 Å². The maximum absolute atomic E-state index is 13.2. The van der Waals surface area contributed by atoms with Crippen LogP contribution in [0.2, 0.25) is 0 Å². The van der Waals surface area contributed by atoms with Crippen LogP contribution in [0.3, 0.4) is 0 Å². The first-order valence-corrected chi connectivity index (χ1v) is 9.44. The highest BCUT2D eigenvalue weighted by Crippen LogP contribution is 2.29. The van der Waals surface area contributed by atoms with Crippen LogP contribution in [-0.4, -0.2) is 44.1 Å². The van der Waals surface area contributed by atoms with Gasteiger partial charge in [-0.3, -0.25) is 14.5 Å². The topological polar surface area (TPSA) is 67.9 Å². The Labute approximate surface area is 165 Å². The second kappa shape index (κ2) is 9.37. The van der Waals surface area contributed by atoms with E-state index >= 15 is 0 Å². The molecule has 0 radical (unpaired) electrons. The first-order valence-electron chi connectivity index (χ1n) is 9.44. The number of carbonyl (C=O) groups excluding carboxylic acids is 2. The van der Waals surface area contributed by atoms with E-state index in [0.29, 0.717) is 37.4 Å². The molecule has 1 aliphatic heterocycles. The summed E-state index contributed by atoms with van der Waals surface area (Å²) in [6.07, 6.45) is 1.37.